The number of pyridine rings is 1. The van der Waals surface area contributed by atoms with E-state index in [1.807, 2.05) is 12.1 Å². The Labute approximate surface area is 81.6 Å². The van der Waals surface area contributed by atoms with Crippen LogP contribution in [0.3, 0.4) is 0 Å². The van der Waals surface area contributed by atoms with Crippen molar-refractivity contribution in [2.75, 3.05) is 0 Å². The zero-order chi connectivity index (χ0) is 9.64. The highest BCUT2D eigenvalue weighted by molar-refractivity contribution is 5.08. The average molecular weight is 187 g/mol. The van der Waals surface area contributed by atoms with Crippen molar-refractivity contribution in [3.8, 4) is 6.01 Å². The van der Waals surface area contributed by atoms with E-state index in [-0.39, 0.29) is 0 Å². The number of ether oxygens (including phenoxy) is 1. The van der Waals surface area contributed by atoms with Gasteiger partial charge in [0, 0.05) is 30.4 Å². The lowest BCUT2D eigenvalue weighted by Gasteiger charge is -2.02. The molecule has 2 rings (SSSR count). The van der Waals surface area contributed by atoms with Gasteiger partial charge in [0.15, 0.2) is 0 Å². The van der Waals surface area contributed by atoms with Gasteiger partial charge >= 0.3 is 6.01 Å². The van der Waals surface area contributed by atoms with Gasteiger partial charge in [-0.2, -0.15) is 0 Å². The molecule has 0 aliphatic carbocycles. The van der Waals surface area contributed by atoms with Crippen molar-refractivity contribution in [2.24, 2.45) is 0 Å². The Bertz CT molecular complexity index is 338. The third-order valence-electron chi connectivity index (χ3n) is 1.63. The largest absolute Gasteiger partial charge is 0.459 e. The molecule has 0 unspecified atom stereocenters. The highest BCUT2D eigenvalue weighted by atomic mass is 16.5. The van der Waals surface area contributed by atoms with Crippen molar-refractivity contribution < 1.29 is 4.74 Å². The molecule has 0 amide bonds. The molecule has 14 heavy (non-hydrogen) atoms. The van der Waals surface area contributed by atoms with Crippen LogP contribution in [0.5, 0.6) is 6.01 Å². The van der Waals surface area contributed by atoms with Crippen LogP contribution < -0.4 is 4.74 Å². The molecule has 0 saturated carbocycles. The number of hydrogen-bond acceptors (Lipinski definition) is 4. The zero-order valence-corrected chi connectivity index (χ0v) is 7.50. The van der Waals surface area contributed by atoms with Crippen LogP contribution in [0, 0.1) is 0 Å². The normalized spacial score (nSPS) is 9.71. The Morgan fingerprint density at radius 2 is 1.93 bits per heavy atom. The van der Waals surface area contributed by atoms with Crippen molar-refractivity contribution in [3.63, 3.8) is 0 Å². The van der Waals surface area contributed by atoms with Gasteiger partial charge < -0.3 is 4.74 Å². The van der Waals surface area contributed by atoms with Gasteiger partial charge in [-0.1, -0.05) is 6.07 Å². The third kappa shape index (κ3) is 2.26. The summed E-state index contributed by atoms with van der Waals surface area (Å²) < 4.78 is 5.33. The van der Waals surface area contributed by atoms with Crippen molar-refractivity contribution in [1.82, 2.24) is 15.0 Å². The van der Waals surface area contributed by atoms with Crippen LogP contribution in [0.4, 0.5) is 0 Å². The maximum Gasteiger partial charge on any atom is 0.316 e. The minimum Gasteiger partial charge on any atom is -0.459 e. The van der Waals surface area contributed by atoms with E-state index in [9.17, 15) is 0 Å². The first kappa shape index (κ1) is 8.62. The van der Waals surface area contributed by atoms with Gasteiger partial charge in [0.25, 0.3) is 0 Å². The summed E-state index contributed by atoms with van der Waals surface area (Å²) in [7, 11) is 0. The SMILES string of the molecule is c1cnc(OCc2cccnc2)nc1. The number of hydrogen-bond donors (Lipinski definition) is 0. The molecule has 0 fully saturated rings. The van der Waals surface area contributed by atoms with Gasteiger partial charge in [-0.05, 0) is 12.1 Å². The molecule has 0 aliphatic rings. The summed E-state index contributed by atoms with van der Waals surface area (Å²) >= 11 is 0. The Morgan fingerprint density at radius 1 is 1.07 bits per heavy atom. The molecule has 2 heterocycles. The van der Waals surface area contributed by atoms with E-state index in [2.05, 4.69) is 15.0 Å². The zero-order valence-electron chi connectivity index (χ0n) is 7.50. The van der Waals surface area contributed by atoms with Crippen molar-refractivity contribution in [3.05, 3.63) is 48.5 Å². The van der Waals surface area contributed by atoms with E-state index in [4.69, 9.17) is 4.74 Å². The molecule has 0 N–H and O–H groups in total. The van der Waals surface area contributed by atoms with Gasteiger partial charge in [-0.3, -0.25) is 4.98 Å². The summed E-state index contributed by atoms with van der Waals surface area (Å²) in [6.45, 7) is 0.442. The van der Waals surface area contributed by atoms with E-state index in [0.29, 0.717) is 12.6 Å². The van der Waals surface area contributed by atoms with E-state index in [1.165, 1.54) is 0 Å². The lowest BCUT2D eigenvalue weighted by Crippen LogP contribution is -1.98. The number of rotatable bonds is 3. The van der Waals surface area contributed by atoms with Gasteiger partial charge in [0.05, 0.1) is 0 Å². The van der Waals surface area contributed by atoms with Gasteiger partial charge in [-0.25, -0.2) is 9.97 Å². The molecule has 0 aromatic carbocycles. The molecule has 4 nitrogen and oxygen atoms in total. The summed E-state index contributed by atoms with van der Waals surface area (Å²) in [5.41, 5.74) is 1.000. The first-order valence-electron chi connectivity index (χ1n) is 4.24. The monoisotopic (exact) mass is 187 g/mol. The molecule has 0 atom stereocenters. The topological polar surface area (TPSA) is 47.9 Å². The molecule has 0 saturated heterocycles. The quantitative estimate of drug-likeness (QED) is 0.729. The fraction of sp³-hybridized carbons (Fsp3) is 0.100. The minimum atomic E-state index is 0.386. The first-order chi connectivity index (χ1) is 6.95. The molecule has 0 bridgehead atoms. The molecule has 70 valence electrons. The average Bonchev–Trinajstić information content (AvgIpc) is 2.29. The lowest BCUT2D eigenvalue weighted by molar-refractivity contribution is 0.280. The summed E-state index contributed by atoms with van der Waals surface area (Å²) in [5.74, 6) is 0. The molecular formula is C10H9N3O. The second-order valence-corrected chi connectivity index (χ2v) is 2.68. The standard InChI is InChI=1S/C10H9N3O/c1-3-9(7-11-4-1)8-14-10-12-5-2-6-13-10/h1-7H,8H2. The third-order valence-corrected chi connectivity index (χ3v) is 1.63. The molecular weight excluding hydrogens is 178 g/mol. The molecule has 2 aromatic heterocycles. The summed E-state index contributed by atoms with van der Waals surface area (Å²) in [6, 6.07) is 5.94. The Hall–Kier alpha value is -1.97. The molecule has 4 heteroatoms. The van der Waals surface area contributed by atoms with Crippen molar-refractivity contribution >= 4 is 0 Å². The second-order valence-electron chi connectivity index (χ2n) is 2.68. The Morgan fingerprint density at radius 3 is 2.64 bits per heavy atom. The maximum atomic E-state index is 5.33. The van der Waals surface area contributed by atoms with Crippen LogP contribution in [-0.2, 0) is 6.61 Å². The van der Waals surface area contributed by atoms with E-state index >= 15 is 0 Å². The fourth-order valence-electron chi connectivity index (χ4n) is 0.991. The van der Waals surface area contributed by atoms with Crippen LogP contribution in [0.25, 0.3) is 0 Å². The smallest absolute Gasteiger partial charge is 0.316 e. The second kappa shape index (κ2) is 4.32. The number of nitrogens with zero attached hydrogens (tertiary/aromatic N) is 3. The Balaban J connectivity index is 1.96. The lowest BCUT2D eigenvalue weighted by atomic mass is 10.3. The van der Waals surface area contributed by atoms with Gasteiger partial charge in [0.1, 0.15) is 6.61 Å². The van der Waals surface area contributed by atoms with E-state index in [0.717, 1.165) is 5.56 Å². The molecule has 0 aliphatic heterocycles. The minimum absolute atomic E-state index is 0.386. The summed E-state index contributed by atoms with van der Waals surface area (Å²) in [4.78, 5) is 11.9. The summed E-state index contributed by atoms with van der Waals surface area (Å²) in [6.07, 6.45) is 6.77. The predicted octanol–water partition coefficient (Wildman–Crippen LogP) is 1.45. The van der Waals surface area contributed by atoms with Crippen molar-refractivity contribution in [1.29, 1.82) is 0 Å². The molecule has 0 radical (unpaired) electrons. The van der Waals surface area contributed by atoms with E-state index < -0.39 is 0 Å². The van der Waals surface area contributed by atoms with Crippen LogP contribution in [0.1, 0.15) is 5.56 Å². The fourth-order valence-corrected chi connectivity index (χ4v) is 0.991. The van der Waals surface area contributed by atoms with Gasteiger partial charge in [0.2, 0.25) is 0 Å². The highest BCUT2D eigenvalue weighted by Crippen LogP contribution is 2.03. The maximum absolute atomic E-state index is 5.33. The van der Waals surface area contributed by atoms with Crippen LogP contribution in [0.2, 0.25) is 0 Å². The Kier molecular flexibility index (Phi) is 2.66. The van der Waals surface area contributed by atoms with Crippen LogP contribution in [-0.4, -0.2) is 15.0 Å². The summed E-state index contributed by atoms with van der Waals surface area (Å²) in [5, 5.41) is 0. The first-order valence-corrected chi connectivity index (χ1v) is 4.24. The number of aromatic nitrogens is 3. The van der Waals surface area contributed by atoms with Gasteiger partial charge in [-0.15, -0.1) is 0 Å². The molecule has 2 aromatic rings. The van der Waals surface area contributed by atoms with Crippen LogP contribution >= 0.6 is 0 Å². The van der Waals surface area contributed by atoms with Crippen LogP contribution in [0.15, 0.2) is 43.0 Å². The predicted molar refractivity (Wildman–Crippen MR) is 50.6 cm³/mol. The van der Waals surface area contributed by atoms with Crippen molar-refractivity contribution in [2.45, 2.75) is 6.61 Å². The molecule has 0 spiro atoms. The highest BCUT2D eigenvalue weighted by Gasteiger charge is 1.95. The van der Waals surface area contributed by atoms with E-state index in [1.54, 1.807) is 30.9 Å².